The molecular formula is C24H28N4O3. The first-order valence-corrected chi connectivity index (χ1v) is 11.3. The fourth-order valence-electron chi connectivity index (χ4n) is 4.77. The van der Waals surface area contributed by atoms with Gasteiger partial charge in [0.05, 0.1) is 18.2 Å². The number of aromatic nitrogens is 2. The zero-order chi connectivity index (χ0) is 21.5. The molecule has 2 fully saturated rings. The van der Waals surface area contributed by atoms with Crippen LogP contribution in [-0.4, -0.2) is 51.2 Å². The number of fused-ring (bicyclic) bond motifs is 1. The van der Waals surface area contributed by atoms with Crippen LogP contribution >= 0.6 is 0 Å². The molecule has 5 rings (SSSR count). The number of carbonyl (C=O) groups excluding carboxylic acids is 2. The van der Waals surface area contributed by atoms with Crippen molar-refractivity contribution in [2.45, 2.75) is 51.0 Å². The van der Waals surface area contributed by atoms with E-state index in [4.69, 9.17) is 4.98 Å². The summed E-state index contributed by atoms with van der Waals surface area (Å²) in [6, 6.07) is 9.81. The number of benzene rings is 1. The number of hydrogen-bond donors (Lipinski definition) is 1. The third-order valence-corrected chi connectivity index (χ3v) is 6.89. The van der Waals surface area contributed by atoms with E-state index in [1.807, 2.05) is 47.1 Å². The lowest BCUT2D eigenvalue weighted by atomic mass is 10.00. The van der Waals surface area contributed by atoms with Crippen molar-refractivity contribution in [3.05, 3.63) is 63.3 Å². The number of nitrogens with zero attached hydrogens (tertiary/aromatic N) is 3. The zero-order valence-corrected chi connectivity index (χ0v) is 17.8. The van der Waals surface area contributed by atoms with Crippen LogP contribution in [0.1, 0.15) is 60.7 Å². The topological polar surface area (TPSA) is 86.4 Å². The molecule has 2 aromatic rings. The molecule has 3 aliphatic rings. The van der Waals surface area contributed by atoms with Gasteiger partial charge in [-0.3, -0.25) is 14.4 Å². The number of hydrogen-bond acceptors (Lipinski definition) is 4. The van der Waals surface area contributed by atoms with Crippen LogP contribution in [0.2, 0.25) is 0 Å². The van der Waals surface area contributed by atoms with Gasteiger partial charge in [-0.1, -0.05) is 30.3 Å². The summed E-state index contributed by atoms with van der Waals surface area (Å²) in [4.78, 5) is 49.6. The molecular weight excluding hydrogens is 392 g/mol. The van der Waals surface area contributed by atoms with Crippen molar-refractivity contribution in [2.75, 3.05) is 19.6 Å². The Kier molecular flexibility index (Phi) is 5.12. The Morgan fingerprint density at radius 3 is 2.61 bits per heavy atom. The van der Waals surface area contributed by atoms with Gasteiger partial charge in [0, 0.05) is 37.0 Å². The molecule has 1 aromatic heterocycles. The van der Waals surface area contributed by atoms with Crippen LogP contribution in [0.3, 0.4) is 0 Å². The summed E-state index contributed by atoms with van der Waals surface area (Å²) in [5, 5.41) is 0. The Labute approximate surface area is 181 Å². The Balaban J connectivity index is 1.31. The molecule has 2 amide bonds. The molecule has 1 N–H and O–H groups in total. The molecule has 7 nitrogen and oxygen atoms in total. The van der Waals surface area contributed by atoms with Crippen LogP contribution in [0.25, 0.3) is 0 Å². The number of carbonyl (C=O) groups is 2. The highest BCUT2D eigenvalue weighted by Gasteiger charge is 2.36. The summed E-state index contributed by atoms with van der Waals surface area (Å²) in [6.07, 6.45) is 3.28. The quantitative estimate of drug-likeness (QED) is 0.822. The van der Waals surface area contributed by atoms with Crippen LogP contribution in [-0.2, 0) is 22.6 Å². The molecule has 0 spiro atoms. The molecule has 2 atom stereocenters. The van der Waals surface area contributed by atoms with Crippen molar-refractivity contribution in [1.82, 2.24) is 19.8 Å². The lowest BCUT2D eigenvalue weighted by Crippen LogP contribution is -2.40. The molecule has 162 valence electrons. The summed E-state index contributed by atoms with van der Waals surface area (Å²) in [6.45, 7) is 4.17. The monoisotopic (exact) mass is 420 g/mol. The maximum Gasteiger partial charge on any atom is 0.254 e. The maximum absolute atomic E-state index is 13.0. The minimum absolute atomic E-state index is 0.0134. The second-order valence-electron chi connectivity index (χ2n) is 9.06. The van der Waals surface area contributed by atoms with Crippen molar-refractivity contribution in [3.8, 4) is 0 Å². The van der Waals surface area contributed by atoms with E-state index in [0.717, 1.165) is 30.5 Å². The van der Waals surface area contributed by atoms with E-state index < -0.39 is 0 Å². The van der Waals surface area contributed by atoms with Gasteiger partial charge in [0.2, 0.25) is 11.8 Å². The van der Waals surface area contributed by atoms with Gasteiger partial charge in [-0.2, -0.15) is 0 Å². The molecule has 1 saturated carbocycles. The number of H-pyrrole nitrogens is 1. The second-order valence-corrected chi connectivity index (χ2v) is 9.06. The largest absolute Gasteiger partial charge is 0.341 e. The molecule has 1 aromatic carbocycles. The van der Waals surface area contributed by atoms with Crippen molar-refractivity contribution < 1.29 is 9.59 Å². The van der Waals surface area contributed by atoms with Crippen molar-refractivity contribution in [3.63, 3.8) is 0 Å². The van der Waals surface area contributed by atoms with E-state index in [0.29, 0.717) is 44.0 Å². The van der Waals surface area contributed by atoms with Gasteiger partial charge < -0.3 is 14.8 Å². The Hall–Kier alpha value is -2.96. The van der Waals surface area contributed by atoms with Crippen LogP contribution in [0.15, 0.2) is 35.1 Å². The fraction of sp³-hybridized carbons (Fsp3) is 0.500. The van der Waals surface area contributed by atoms with Crippen molar-refractivity contribution in [1.29, 1.82) is 0 Å². The minimum Gasteiger partial charge on any atom is -0.341 e. The number of amides is 2. The van der Waals surface area contributed by atoms with Crippen LogP contribution in [0.5, 0.6) is 0 Å². The highest BCUT2D eigenvalue weighted by molar-refractivity contribution is 5.83. The molecule has 0 radical (unpaired) electrons. The predicted molar refractivity (Wildman–Crippen MR) is 115 cm³/mol. The van der Waals surface area contributed by atoms with E-state index in [1.54, 1.807) is 0 Å². The summed E-state index contributed by atoms with van der Waals surface area (Å²) in [7, 11) is 0. The summed E-state index contributed by atoms with van der Waals surface area (Å²) in [5.41, 5.74) is 2.34. The first-order valence-electron chi connectivity index (χ1n) is 11.3. The highest BCUT2D eigenvalue weighted by atomic mass is 16.2. The normalized spacial score (nSPS) is 21.6. The first-order chi connectivity index (χ1) is 15.0. The smallest absolute Gasteiger partial charge is 0.254 e. The summed E-state index contributed by atoms with van der Waals surface area (Å²) >= 11 is 0. The number of rotatable bonds is 4. The molecule has 1 aliphatic carbocycles. The van der Waals surface area contributed by atoms with Gasteiger partial charge in [0.1, 0.15) is 5.82 Å². The first kappa shape index (κ1) is 20.0. The summed E-state index contributed by atoms with van der Waals surface area (Å²) < 4.78 is 0. The summed E-state index contributed by atoms with van der Waals surface area (Å²) in [5.74, 6) is 0.935. The van der Waals surface area contributed by atoms with Gasteiger partial charge >= 0.3 is 0 Å². The zero-order valence-electron chi connectivity index (χ0n) is 17.8. The van der Waals surface area contributed by atoms with Gasteiger partial charge in [-0.05, 0) is 38.2 Å². The average molecular weight is 421 g/mol. The third-order valence-electron chi connectivity index (χ3n) is 6.89. The average Bonchev–Trinajstić information content (AvgIpc) is 3.53. The molecule has 0 bridgehead atoms. The fourth-order valence-corrected chi connectivity index (χ4v) is 4.77. The second kappa shape index (κ2) is 7.94. The van der Waals surface area contributed by atoms with E-state index in [9.17, 15) is 14.4 Å². The molecule has 3 heterocycles. The minimum atomic E-state index is -0.197. The van der Waals surface area contributed by atoms with Crippen LogP contribution in [0.4, 0.5) is 0 Å². The predicted octanol–water partition coefficient (Wildman–Crippen LogP) is 2.18. The van der Waals surface area contributed by atoms with Gasteiger partial charge in [0.15, 0.2) is 0 Å². The lowest BCUT2D eigenvalue weighted by Gasteiger charge is -2.28. The number of nitrogens with one attached hydrogen (secondary N) is 1. The van der Waals surface area contributed by atoms with Gasteiger partial charge in [-0.15, -0.1) is 0 Å². The highest BCUT2D eigenvalue weighted by Crippen LogP contribution is 2.33. The molecule has 31 heavy (non-hydrogen) atoms. The Morgan fingerprint density at radius 2 is 1.87 bits per heavy atom. The van der Waals surface area contributed by atoms with E-state index in [2.05, 4.69) is 4.98 Å². The number of aromatic amines is 1. The molecule has 0 unspecified atom stereocenters. The Bertz CT molecular complexity index is 1060. The maximum atomic E-state index is 13.0. The van der Waals surface area contributed by atoms with E-state index in [1.165, 1.54) is 0 Å². The van der Waals surface area contributed by atoms with Crippen LogP contribution < -0.4 is 5.56 Å². The molecule has 2 aliphatic heterocycles. The third kappa shape index (κ3) is 3.89. The number of likely N-dealkylation sites (tertiary alicyclic amines) is 1. The Morgan fingerprint density at radius 1 is 1.10 bits per heavy atom. The van der Waals surface area contributed by atoms with E-state index >= 15 is 0 Å². The molecule has 7 heteroatoms. The van der Waals surface area contributed by atoms with Crippen molar-refractivity contribution in [2.24, 2.45) is 5.92 Å². The van der Waals surface area contributed by atoms with E-state index in [-0.39, 0.29) is 35.1 Å². The van der Waals surface area contributed by atoms with Gasteiger partial charge in [-0.25, -0.2) is 4.98 Å². The lowest BCUT2D eigenvalue weighted by molar-refractivity contribution is -0.133. The van der Waals surface area contributed by atoms with Crippen LogP contribution in [0, 0.1) is 5.92 Å². The van der Waals surface area contributed by atoms with Gasteiger partial charge in [0.25, 0.3) is 5.56 Å². The standard InChI is InChI=1S/C24H28N4O3/c1-15(16-5-3-2-4-6-16)23(30)27-11-9-18(13-27)21-25-20-14-28(24(31)17-7-8-17)12-10-19(20)22(29)26-21/h2-6,15,17-18H,7-14H2,1H3,(H,25,26,29)/t15-,18-/m1/s1. The molecule has 1 saturated heterocycles. The van der Waals surface area contributed by atoms with Crippen molar-refractivity contribution >= 4 is 11.8 Å². The SMILES string of the molecule is C[C@@H](C(=O)N1CC[C@@H](c2nc3c(c(=O)[nH]2)CCN(C(=O)C2CC2)C3)C1)c1ccccc1.